The molecule has 208 valence electrons. The second-order valence-electron chi connectivity index (χ2n) is 12.1. The highest BCUT2D eigenvalue weighted by Crippen LogP contribution is 2.67. The molecular weight excluding hydrogens is 492 g/mol. The van der Waals surface area contributed by atoms with Crippen LogP contribution in [0.25, 0.3) is 0 Å². The fourth-order valence-corrected chi connectivity index (χ4v) is 7.16. The van der Waals surface area contributed by atoms with Gasteiger partial charge in [0.05, 0.1) is 5.54 Å². The summed E-state index contributed by atoms with van der Waals surface area (Å²) in [6.45, 7) is 17.2. The number of piperazine rings is 1. The fraction of sp³-hybridized carbons (Fsp3) is 0.621. The molecular formula is C29H40N8O2. The molecule has 2 atom stereocenters. The lowest BCUT2D eigenvalue weighted by atomic mass is 9.42. The SMILES string of the molecule is C=N/C(=C\C=C(/C)CN1CCN(CC)CC1)Nc1ncc2c(n1)N(C13CC(C1)[C@H]3C)C(=O)[C@]1(CCNC1=O)C2. The fourth-order valence-electron chi connectivity index (χ4n) is 7.16. The molecule has 2 amide bonds. The zero-order valence-electron chi connectivity index (χ0n) is 23.4. The molecule has 0 aromatic carbocycles. The van der Waals surface area contributed by atoms with Crippen LogP contribution in [-0.2, 0) is 16.0 Å². The minimum Gasteiger partial charge on any atom is -0.355 e. The minimum absolute atomic E-state index is 0.101. The van der Waals surface area contributed by atoms with Crippen LogP contribution in [0.5, 0.6) is 0 Å². The number of nitrogens with zero attached hydrogens (tertiary/aromatic N) is 6. The van der Waals surface area contributed by atoms with Crippen LogP contribution < -0.4 is 15.5 Å². The number of nitrogens with one attached hydrogen (secondary N) is 2. The van der Waals surface area contributed by atoms with E-state index in [0.29, 0.717) is 48.8 Å². The van der Waals surface area contributed by atoms with Crippen molar-refractivity contribution in [3.63, 3.8) is 0 Å². The van der Waals surface area contributed by atoms with Gasteiger partial charge in [-0.25, -0.2) is 9.98 Å². The van der Waals surface area contributed by atoms with Gasteiger partial charge >= 0.3 is 0 Å². The summed E-state index contributed by atoms with van der Waals surface area (Å²) < 4.78 is 0. The van der Waals surface area contributed by atoms with Crippen LogP contribution in [0.15, 0.2) is 34.7 Å². The Bertz CT molecular complexity index is 1240. The maximum Gasteiger partial charge on any atom is 0.244 e. The third kappa shape index (κ3) is 4.19. The maximum absolute atomic E-state index is 14.0. The Morgan fingerprint density at radius 1 is 1.23 bits per heavy atom. The summed E-state index contributed by atoms with van der Waals surface area (Å²) in [6, 6.07) is 0. The van der Waals surface area contributed by atoms with Crippen molar-refractivity contribution >= 4 is 30.3 Å². The van der Waals surface area contributed by atoms with Gasteiger partial charge in [0.15, 0.2) is 0 Å². The largest absolute Gasteiger partial charge is 0.355 e. The molecule has 4 heterocycles. The Balaban J connectivity index is 1.22. The van der Waals surface area contributed by atoms with E-state index >= 15 is 0 Å². The first-order chi connectivity index (χ1) is 18.8. The number of aromatic nitrogens is 2. The lowest BCUT2D eigenvalue weighted by molar-refractivity contribution is -0.151. The molecule has 39 heavy (non-hydrogen) atoms. The molecule has 3 aliphatic carbocycles. The Hall–Kier alpha value is -3.11. The summed E-state index contributed by atoms with van der Waals surface area (Å²) in [4.78, 5) is 47.3. The molecule has 6 aliphatic rings. The molecule has 2 N–H and O–H groups in total. The van der Waals surface area contributed by atoms with Gasteiger partial charge in [0, 0.05) is 57.4 Å². The first-order valence-electron chi connectivity index (χ1n) is 14.3. The number of rotatable bonds is 8. The highest BCUT2D eigenvalue weighted by Gasteiger charge is 2.71. The molecule has 0 unspecified atom stereocenters. The van der Waals surface area contributed by atoms with E-state index in [4.69, 9.17) is 4.98 Å². The van der Waals surface area contributed by atoms with Crippen LogP contribution in [0.4, 0.5) is 11.8 Å². The second kappa shape index (κ2) is 9.82. The number of hydrogen-bond acceptors (Lipinski definition) is 8. The van der Waals surface area contributed by atoms with Crippen LogP contribution in [0.2, 0.25) is 0 Å². The summed E-state index contributed by atoms with van der Waals surface area (Å²) in [5, 5.41) is 6.09. The molecule has 3 aliphatic heterocycles. The normalized spacial score (nSPS) is 32.9. The predicted octanol–water partition coefficient (Wildman–Crippen LogP) is 2.21. The van der Waals surface area contributed by atoms with E-state index < -0.39 is 5.41 Å². The van der Waals surface area contributed by atoms with Gasteiger partial charge in [0.25, 0.3) is 0 Å². The van der Waals surface area contributed by atoms with Gasteiger partial charge in [-0.05, 0) is 57.4 Å². The van der Waals surface area contributed by atoms with E-state index in [2.05, 4.69) is 64.0 Å². The van der Waals surface area contributed by atoms with E-state index in [9.17, 15) is 9.59 Å². The summed E-state index contributed by atoms with van der Waals surface area (Å²) >= 11 is 0. The smallest absolute Gasteiger partial charge is 0.244 e. The molecule has 10 heteroatoms. The number of likely N-dealkylation sites (N-methyl/N-ethyl adjacent to an activating group) is 1. The number of anilines is 2. The molecule has 1 spiro atoms. The van der Waals surface area contributed by atoms with Crippen molar-refractivity contribution in [1.29, 1.82) is 0 Å². The topological polar surface area (TPSA) is 106 Å². The first kappa shape index (κ1) is 26.1. The zero-order valence-corrected chi connectivity index (χ0v) is 23.4. The number of fused-ring (bicyclic) bond motifs is 1. The number of aliphatic imine (C=N–C) groups is 1. The number of amides is 2. The van der Waals surface area contributed by atoms with E-state index in [-0.39, 0.29) is 17.4 Å². The number of carbonyl (C=O) groups is 2. The van der Waals surface area contributed by atoms with Gasteiger partial charge < -0.3 is 15.5 Å². The molecule has 3 saturated carbocycles. The first-order valence-corrected chi connectivity index (χ1v) is 14.3. The number of carbonyl (C=O) groups excluding carboxylic acids is 2. The van der Waals surface area contributed by atoms with Gasteiger partial charge in [0.2, 0.25) is 17.8 Å². The minimum atomic E-state index is -1.04. The van der Waals surface area contributed by atoms with Crippen molar-refractivity contribution in [2.24, 2.45) is 22.2 Å². The van der Waals surface area contributed by atoms with E-state index in [1.54, 1.807) is 6.20 Å². The van der Waals surface area contributed by atoms with Crippen LogP contribution in [0.1, 0.15) is 45.6 Å². The van der Waals surface area contributed by atoms with Crippen molar-refractivity contribution in [2.45, 2.75) is 52.0 Å². The second-order valence-corrected chi connectivity index (χ2v) is 12.1. The van der Waals surface area contributed by atoms with E-state index in [0.717, 1.165) is 57.7 Å². The van der Waals surface area contributed by atoms with Crippen LogP contribution >= 0.6 is 0 Å². The number of hydrogen-bond donors (Lipinski definition) is 2. The Kier molecular flexibility index (Phi) is 6.58. The van der Waals surface area contributed by atoms with Gasteiger partial charge in [0.1, 0.15) is 17.1 Å². The van der Waals surface area contributed by atoms with Crippen molar-refractivity contribution in [3.8, 4) is 0 Å². The van der Waals surface area contributed by atoms with Crippen molar-refractivity contribution in [3.05, 3.63) is 35.3 Å². The molecule has 1 aromatic heterocycles. The van der Waals surface area contributed by atoms with Crippen LogP contribution in [0, 0.1) is 17.3 Å². The van der Waals surface area contributed by atoms with Gasteiger partial charge in [-0.2, -0.15) is 4.98 Å². The molecule has 0 radical (unpaired) electrons. The van der Waals surface area contributed by atoms with Crippen molar-refractivity contribution in [1.82, 2.24) is 25.1 Å². The third-order valence-electron chi connectivity index (χ3n) is 9.98. The molecule has 5 fully saturated rings. The zero-order chi connectivity index (χ0) is 27.4. The maximum atomic E-state index is 14.0. The number of allylic oxidation sites excluding steroid dienone is 2. The van der Waals surface area contributed by atoms with Gasteiger partial charge in [-0.1, -0.05) is 25.5 Å². The Labute approximate surface area is 230 Å². The average molecular weight is 533 g/mol. The monoisotopic (exact) mass is 532 g/mol. The van der Waals surface area contributed by atoms with E-state index in [1.165, 1.54) is 5.57 Å². The summed E-state index contributed by atoms with van der Waals surface area (Å²) in [5.41, 5.74) is 0.810. The lowest BCUT2D eigenvalue weighted by Gasteiger charge is -2.71. The quantitative estimate of drug-likeness (QED) is 0.300. The summed E-state index contributed by atoms with van der Waals surface area (Å²) in [5.74, 6) is 2.34. The summed E-state index contributed by atoms with van der Waals surface area (Å²) in [6.07, 6.45) is 8.53. The molecule has 1 aromatic rings. The lowest BCUT2D eigenvalue weighted by Crippen LogP contribution is -2.78. The summed E-state index contributed by atoms with van der Waals surface area (Å²) in [7, 11) is 0. The van der Waals surface area contributed by atoms with Gasteiger partial charge in [-0.15, -0.1) is 0 Å². The van der Waals surface area contributed by atoms with Crippen LogP contribution in [-0.4, -0.2) is 89.7 Å². The highest BCUT2D eigenvalue weighted by molar-refractivity contribution is 6.15. The highest BCUT2D eigenvalue weighted by atomic mass is 16.2. The molecule has 2 bridgehead atoms. The molecule has 7 rings (SSSR count). The Morgan fingerprint density at radius 2 is 1.97 bits per heavy atom. The predicted molar refractivity (Wildman–Crippen MR) is 151 cm³/mol. The van der Waals surface area contributed by atoms with Crippen molar-refractivity contribution < 1.29 is 9.59 Å². The van der Waals surface area contributed by atoms with Crippen molar-refractivity contribution in [2.75, 3.05) is 56.0 Å². The van der Waals surface area contributed by atoms with E-state index in [1.807, 2.05) is 11.0 Å². The molecule has 10 nitrogen and oxygen atoms in total. The average Bonchev–Trinajstić information content (AvgIpc) is 3.28. The van der Waals surface area contributed by atoms with Crippen LogP contribution in [0.3, 0.4) is 0 Å². The third-order valence-corrected chi connectivity index (χ3v) is 9.98. The Morgan fingerprint density at radius 3 is 2.56 bits per heavy atom. The standard InChI is InChI=1S/C29H40N8O2/c1-5-35-10-12-36(13-11-35)18-19(2)6-7-23(30-4)33-27-32-17-22-14-28(8-9-31-25(28)38)26(39)37(24(22)34-27)29-15-21(16-29)20(29)3/h6-7,17,20-21H,4-5,8-16,18H2,1-3H3,(H,31,38)(H,32,33,34)/b19-6+,23-7+/t20-,21?,28-,29?/m1/s1. The molecule has 2 saturated heterocycles. The van der Waals surface area contributed by atoms with Gasteiger partial charge in [-0.3, -0.25) is 19.4 Å².